The van der Waals surface area contributed by atoms with Crippen LogP contribution >= 0.6 is 0 Å². The van der Waals surface area contributed by atoms with E-state index in [1.165, 1.54) is 31.2 Å². The summed E-state index contributed by atoms with van der Waals surface area (Å²) in [6.07, 6.45) is 0. The maximum absolute atomic E-state index is 11.2. The number of hydrogen-bond donors (Lipinski definition) is 2. The maximum atomic E-state index is 11.2. The van der Waals surface area contributed by atoms with Crippen LogP contribution in [-0.2, 0) is 0 Å². The highest BCUT2D eigenvalue weighted by Gasteiger charge is 2.07. The molecule has 0 atom stereocenters. The molecule has 1 rings (SSSR count). The zero-order valence-electron chi connectivity index (χ0n) is 8.11. The van der Waals surface area contributed by atoms with Gasteiger partial charge in [0.05, 0.1) is 0 Å². The molecule has 0 aliphatic heterocycles. The van der Waals surface area contributed by atoms with Gasteiger partial charge in [-0.25, -0.2) is 4.79 Å². The van der Waals surface area contributed by atoms with Crippen LogP contribution in [0.2, 0.25) is 0 Å². The van der Waals surface area contributed by atoms with Gasteiger partial charge in [-0.1, -0.05) is 12.1 Å². The molecule has 0 spiro atoms. The van der Waals surface area contributed by atoms with Crippen LogP contribution in [0.1, 0.15) is 27.6 Å². The molecule has 3 N–H and O–H groups in total. The number of carbonyl (C=O) groups is 3. The number of nitrogens with one attached hydrogen (secondary N) is 1. The quantitative estimate of drug-likeness (QED) is 0.698. The Morgan fingerprint density at radius 1 is 1.07 bits per heavy atom. The van der Waals surface area contributed by atoms with Crippen molar-refractivity contribution in [1.82, 2.24) is 5.32 Å². The molecule has 15 heavy (non-hydrogen) atoms. The van der Waals surface area contributed by atoms with E-state index >= 15 is 0 Å². The molecule has 0 bridgehead atoms. The van der Waals surface area contributed by atoms with Gasteiger partial charge >= 0.3 is 6.03 Å². The highest BCUT2D eigenvalue weighted by Crippen LogP contribution is 2.04. The van der Waals surface area contributed by atoms with Crippen molar-refractivity contribution in [3.8, 4) is 0 Å². The van der Waals surface area contributed by atoms with Gasteiger partial charge in [0.15, 0.2) is 5.78 Å². The number of hydrogen-bond acceptors (Lipinski definition) is 3. The van der Waals surface area contributed by atoms with E-state index in [0.29, 0.717) is 5.56 Å². The second-order valence-corrected chi connectivity index (χ2v) is 2.95. The number of urea groups is 1. The summed E-state index contributed by atoms with van der Waals surface area (Å²) in [7, 11) is 0. The van der Waals surface area contributed by atoms with E-state index in [-0.39, 0.29) is 11.3 Å². The Hall–Kier alpha value is -2.17. The third-order valence-electron chi connectivity index (χ3n) is 1.79. The second-order valence-electron chi connectivity index (χ2n) is 2.95. The summed E-state index contributed by atoms with van der Waals surface area (Å²) in [5.74, 6) is -0.672. The van der Waals surface area contributed by atoms with Crippen LogP contribution in [0.4, 0.5) is 4.79 Å². The number of ketones is 1. The highest BCUT2D eigenvalue weighted by molar-refractivity contribution is 6.04. The number of imide groups is 1. The Morgan fingerprint density at radius 3 is 1.93 bits per heavy atom. The molecule has 0 unspecified atom stereocenters. The molecule has 0 heterocycles. The second kappa shape index (κ2) is 4.36. The van der Waals surface area contributed by atoms with Crippen molar-refractivity contribution in [3.05, 3.63) is 35.4 Å². The van der Waals surface area contributed by atoms with E-state index in [4.69, 9.17) is 5.73 Å². The smallest absolute Gasteiger partial charge is 0.319 e. The van der Waals surface area contributed by atoms with Crippen LogP contribution in [0.25, 0.3) is 0 Å². The Morgan fingerprint density at radius 2 is 1.53 bits per heavy atom. The number of nitrogens with two attached hydrogens (primary N) is 1. The van der Waals surface area contributed by atoms with E-state index in [1.807, 2.05) is 5.32 Å². The predicted molar refractivity (Wildman–Crippen MR) is 53.5 cm³/mol. The molecule has 0 aromatic heterocycles. The molecule has 0 saturated heterocycles. The minimum Gasteiger partial charge on any atom is -0.351 e. The molecule has 0 radical (unpaired) electrons. The first kappa shape index (κ1) is 10.9. The predicted octanol–water partition coefficient (Wildman–Crippen LogP) is 0.698. The molecule has 1 aromatic carbocycles. The van der Waals surface area contributed by atoms with Crippen LogP contribution in [0.15, 0.2) is 24.3 Å². The summed E-state index contributed by atoms with van der Waals surface area (Å²) >= 11 is 0. The van der Waals surface area contributed by atoms with Crippen LogP contribution < -0.4 is 11.1 Å². The van der Waals surface area contributed by atoms with Crippen LogP contribution in [0.5, 0.6) is 0 Å². The van der Waals surface area contributed by atoms with Crippen LogP contribution in [-0.4, -0.2) is 17.7 Å². The Bertz CT molecular complexity index is 409. The third-order valence-corrected chi connectivity index (χ3v) is 1.79. The summed E-state index contributed by atoms with van der Waals surface area (Å²) < 4.78 is 0. The molecule has 0 aliphatic rings. The minimum atomic E-state index is -0.907. The minimum absolute atomic E-state index is 0.0862. The van der Waals surface area contributed by atoms with Crippen molar-refractivity contribution in [3.63, 3.8) is 0 Å². The van der Waals surface area contributed by atoms with Crippen molar-refractivity contribution >= 4 is 17.7 Å². The maximum Gasteiger partial charge on any atom is 0.319 e. The Balaban J connectivity index is 2.84. The van der Waals surface area contributed by atoms with Crippen LogP contribution in [0, 0.1) is 0 Å². The summed E-state index contributed by atoms with van der Waals surface area (Å²) in [6.45, 7) is 1.43. The molecule has 3 amide bonds. The van der Waals surface area contributed by atoms with E-state index in [0.717, 1.165) is 0 Å². The zero-order chi connectivity index (χ0) is 11.4. The van der Waals surface area contributed by atoms with Crippen molar-refractivity contribution in [2.24, 2.45) is 5.73 Å². The highest BCUT2D eigenvalue weighted by atomic mass is 16.2. The molecule has 0 aliphatic carbocycles. The van der Waals surface area contributed by atoms with Crippen molar-refractivity contribution < 1.29 is 14.4 Å². The van der Waals surface area contributed by atoms with Gasteiger partial charge in [0.1, 0.15) is 0 Å². The monoisotopic (exact) mass is 206 g/mol. The Labute approximate surface area is 86.3 Å². The first-order valence-electron chi connectivity index (χ1n) is 4.22. The number of carbonyl (C=O) groups excluding carboxylic acids is 3. The number of Topliss-reactive ketones (excluding diaryl/α,β-unsaturated/α-hetero) is 1. The topological polar surface area (TPSA) is 89.3 Å². The fraction of sp³-hybridized carbons (Fsp3) is 0.100. The molecule has 0 saturated carbocycles. The molecule has 0 fully saturated rings. The largest absolute Gasteiger partial charge is 0.351 e. The third kappa shape index (κ3) is 2.91. The standard InChI is InChI=1S/C10H10N2O3/c1-6(13)7-2-4-8(5-3-7)9(14)12-10(11)15/h2-5H,1H3,(H3,11,12,14,15). The van der Waals surface area contributed by atoms with Gasteiger partial charge in [-0.05, 0) is 19.1 Å². The molecule has 1 aromatic rings. The zero-order valence-corrected chi connectivity index (χ0v) is 8.11. The van der Waals surface area contributed by atoms with Crippen molar-refractivity contribution in [1.29, 1.82) is 0 Å². The van der Waals surface area contributed by atoms with Gasteiger partial charge in [0.25, 0.3) is 5.91 Å². The first-order chi connectivity index (χ1) is 7.00. The van der Waals surface area contributed by atoms with Gasteiger partial charge < -0.3 is 5.73 Å². The summed E-state index contributed by atoms with van der Waals surface area (Å²) in [6, 6.07) is 5.02. The van der Waals surface area contributed by atoms with E-state index in [2.05, 4.69) is 0 Å². The first-order valence-corrected chi connectivity index (χ1v) is 4.22. The normalized spacial score (nSPS) is 9.40. The van der Waals surface area contributed by atoms with Gasteiger partial charge in [-0.15, -0.1) is 0 Å². The fourth-order valence-corrected chi connectivity index (χ4v) is 1.04. The molecule has 5 heteroatoms. The summed E-state index contributed by atoms with van der Waals surface area (Å²) in [4.78, 5) is 32.6. The number of benzene rings is 1. The van der Waals surface area contributed by atoms with Gasteiger partial charge in [-0.3, -0.25) is 14.9 Å². The van der Waals surface area contributed by atoms with Crippen molar-refractivity contribution in [2.75, 3.05) is 0 Å². The van der Waals surface area contributed by atoms with E-state index < -0.39 is 11.9 Å². The van der Waals surface area contributed by atoms with E-state index in [1.54, 1.807) is 0 Å². The van der Waals surface area contributed by atoms with Gasteiger partial charge in [0, 0.05) is 11.1 Å². The van der Waals surface area contributed by atoms with Gasteiger partial charge in [0.2, 0.25) is 0 Å². The lowest BCUT2D eigenvalue weighted by atomic mass is 10.1. The lowest BCUT2D eigenvalue weighted by Gasteiger charge is -2.01. The number of rotatable bonds is 2. The summed E-state index contributed by atoms with van der Waals surface area (Å²) in [5.41, 5.74) is 5.57. The lowest BCUT2D eigenvalue weighted by Crippen LogP contribution is -2.34. The Kier molecular flexibility index (Phi) is 3.17. The fourth-order valence-electron chi connectivity index (χ4n) is 1.04. The molecule has 5 nitrogen and oxygen atoms in total. The lowest BCUT2D eigenvalue weighted by molar-refractivity contribution is 0.0963. The van der Waals surface area contributed by atoms with Gasteiger partial charge in [-0.2, -0.15) is 0 Å². The summed E-state index contributed by atoms with van der Waals surface area (Å²) in [5, 5.41) is 1.92. The SMILES string of the molecule is CC(=O)c1ccc(C(=O)NC(N)=O)cc1. The average Bonchev–Trinajstić information content (AvgIpc) is 2.17. The number of primary amides is 1. The number of amides is 3. The average molecular weight is 206 g/mol. The molecular formula is C10H10N2O3. The van der Waals surface area contributed by atoms with Crippen molar-refractivity contribution in [2.45, 2.75) is 6.92 Å². The molecular weight excluding hydrogens is 196 g/mol. The van der Waals surface area contributed by atoms with E-state index in [9.17, 15) is 14.4 Å². The molecule has 78 valence electrons. The van der Waals surface area contributed by atoms with Crippen LogP contribution in [0.3, 0.4) is 0 Å².